The predicted molar refractivity (Wildman–Crippen MR) is 124 cm³/mol. The summed E-state index contributed by atoms with van der Waals surface area (Å²) >= 11 is 3.78. The van der Waals surface area contributed by atoms with Gasteiger partial charge in [0.15, 0.2) is 11.5 Å². The third-order valence-electron chi connectivity index (χ3n) is 7.50. The maximum Gasteiger partial charge on any atom is 0.162 e. The SMILES string of the molecule is COc1cc(CNC23CC4CC(CC(C4)C2)C3)c(Br)cc1OCc1cccc(C)c1. The van der Waals surface area contributed by atoms with Crippen LogP contribution >= 0.6 is 15.9 Å². The molecule has 0 atom stereocenters. The second kappa shape index (κ2) is 8.20. The van der Waals surface area contributed by atoms with Gasteiger partial charge in [-0.3, -0.25) is 0 Å². The van der Waals surface area contributed by atoms with Gasteiger partial charge in [0.1, 0.15) is 6.61 Å². The minimum absolute atomic E-state index is 0.363. The Hall–Kier alpha value is -1.52. The van der Waals surface area contributed by atoms with Crippen molar-refractivity contribution in [1.29, 1.82) is 0 Å². The summed E-state index contributed by atoms with van der Waals surface area (Å²) in [4.78, 5) is 0. The zero-order chi connectivity index (χ0) is 20.7. The van der Waals surface area contributed by atoms with Crippen molar-refractivity contribution in [3.05, 3.63) is 57.6 Å². The molecule has 2 aromatic carbocycles. The molecular formula is C26H32BrNO2. The molecule has 3 nitrogen and oxygen atoms in total. The van der Waals surface area contributed by atoms with Gasteiger partial charge in [-0.25, -0.2) is 0 Å². The highest BCUT2D eigenvalue weighted by Gasteiger charge is 2.50. The highest BCUT2D eigenvalue weighted by Crippen LogP contribution is 2.55. The Balaban J connectivity index is 1.28. The van der Waals surface area contributed by atoms with Crippen molar-refractivity contribution in [3.8, 4) is 11.5 Å². The average Bonchev–Trinajstić information content (AvgIpc) is 2.70. The number of halogens is 1. The lowest BCUT2D eigenvalue weighted by Crippen LogP contribution is -2.58. The molecule has 0 spiro atoms. The largest absolute Gasteiger partial charge is 0.493 e. The smallest absolute Gasteiger partial charge is 0.162 e. The molecule has 0 amide bonds. The first-order valence-corrected chi connectivity index (χ1v) is 12.1. The molecule has 0 radical (unpaired) electrons. The Morgan fingerprint density at radius 3 is 2.33 bits per heavy atom. The summed E-state index contributed by atoms with van der Waals surface area (Å²) in [5.41, 5.74) is 4.02. The number of ether oxygens (including phenoxy) is 2. The molecule has 2 aromatic rings. The second-order valence-electron chi connectivity index (χ2n) is 9.92. The van der Waals surface area contributed by atoms with E-state index in [9.17, 15) is 0 Å². The third-order valence-corrected chi connectivity index (χ3v) is 8.24. The molecule has 0 unspecified atom stereocenters. The minimum atomic E-state index is 0.363. The van der Waals surface area contributed by atoms with Crippen molar-refractivity contribution in [2.24, 2.45) is 17.8 Å². The van der Waals surface area contributed by atoms with Gasteiger partial charge in [0, 0.05) is 16.6 Å². The summed E-state index contributed by atoms with van der Waals surface area (Å²) in [6.45, 7) is 3.52. The summed E-state index contributed by atoms with van der Waals surface area (Å²) < 4.78 is 12.9. The molecule has 0 saturated heterocycles. The van der Waals surface area contributed by atoms with E-state index in [1.165, 1.54) is 55.2 Å². The van der Waals surface area contributed by atoms with Crippen molar-refractivity contribution >= 4 is 15.9 Å². The van der Waals surface area contributed by atoms with Gasteiger partial charge in [-0.2, -0.15) is 0 Å². The van der Waals surface area contributed by atoms with E-state index >= 15 is 0 Å². The van der Waals surface area contributed by atoms with Gasteiger partial charge in [0.25, 0.3) is 0 Å². The summed E-state index contributed by atoms with van der Waals surface area (Å²) in [6, 6.07) is 12.6. The molecule has 4 aliphatic rings. The molecule has 0 aromatic heterocycles. The Kier molecular flexibility index (Phi) is 5.57. The Labute approximate surface area is 188 Å². The van der Waals surface area contributed by atoms with Crippen molar-refractivity contribution in [1.82, 2.24) is 5.32 Å². The Morgan fingerprint density at radius 2 is 1.70 bits per heavy atom. The Bertz CT molecular complexity index is 890. The number of methoxy groups -OCH3 is 1. The molecule has 1 N–H and O–H groups in total. The van der Waals surface area contributed by atoms with E-state index in [-0.39, 0.29) is 0 Å². The summed E-state index contributed by atoms with van der Waals surface area (Å²) in [6.07, 6.45) is 8.53. The molecule has 6 rings (SSSR count). The van der Waals surface area contributed by atoms with Gasteiger partial charge < -0.3 is 14.8 Å². The van der Waals surface area contributed by atoms with Crippen LogP contribution in [0.15, 0.2) is 40.9 Å². The van der Waals surface area contributed by atoms with E-state index in [0.29, 0.717) is 12.1 Å². The van der Waals surface area contributed by atoms with E-state index in [1.807, 2.05) is 0 Å². The van der Waals surface area contributed by atoms with E-state index in [0.717, 1.165) is 40.3 Å². The highest BCUT2D eigenvalue weighted by molar-refractivity contribution is 9.10. The molecular weight excluding hydrogens is 438 g/mol. The standard InChI is InChI=1S/C26H32BrNO2/c1-17-4-3-5-18(6-17)16-30-25-11-23(27)22(10-24(25)29-2)15-28-26-12-19-7-20(13-26)9-21(8-19)14-26/h3-6,10-11,19-21,28H,7-9,12-16H2,1-2H3. The summed E-state index contributed by atoms with van der Waals surface area (Å²) in [5.74, 6) is 4.45. The molecule has 4 saturated carbocycles. The number of hydrogen-bond donors (Lipinski definition) is 1. The van der Waals surface area contributed by atoms with Crippen LogP contribution in [0.4, 0.5) is 0 Å². The first-order valence-electron chi connectivity index (χ1n) is 11.3. The van der Waals surface area contributed by atoms with E-state index in [2.05, 4.69) is 64.6 Å². The van der Waals surface area contributed by atoms with Crippen LogP contribution in [0.3, 0.4) is 0 Å². The maximum atomic E-state index is 6.11. The highest BCUT2D eigenvalue weighted by atomic mass is 79.9. The van der Waals surface area contributed by atoms with Gasteiger partial charge >= 0.3 is 0 Å². The van der Waals surface area contributed by atoms with Gasteiger partial charge in [0.05, 0.1) is 7.11 Å². The average molecular weight is 470 g/mol. The van der Waals surface area contributed by atoms with Crippen molar-refractivity contribution in [3.63, 3.8) is 0 Å². The lowest BCUT2D eigenvalue weighted by molar-refractivity contribution is -0.0206. The van der Waals surface area contributed by atoms with Gasteiger partial charge in [-0.05, 0) is 86.5 Å². The van der Waals surface area contributed by atoms with Crippen molar-refractivity contribution in [2.45, 2.75) is 64.1 Å². The molecule has 4 heteroatoms. The fourth-order valence-corrected chi connectivity index (χ4v) is 7.02. The molecule has 4 fully saturated rings. The maximum absolute atomic E-state index is 6.11. The first-order chi connectivity index (χ1) is 14.5. The molecule has 4 aliphatic carbocycles. The monoisotopic (exact) mass is 469 g/mol. The molecule has 4 bridgehead atoms. The van der Waals surface area contributed by atoms with Crippen LogP contribution in [0.5, 0.6) is 11.5 Å². The van der Waals surface area contributed by atoms with Crippen LogP contribution < -0.4 is 14.8 Å². The number of aryl methyl sites for hydroxylation is 1. The van der Waals surface area contributed by atoms with E-state index in [1.54, 1.807) is 7.11 Å². The van der Waals surface area contributed by atoms with Crippen LogP contribution in [0.1, 0.15) is 55.2 Å². The van der Waals surface area contributed by atoms with Crippen LogP contribution in [-0.4, -0.2) is 12.6 Å². The zero-order valence-corrected chi connectivity index (χ0v) is 19.6. The number of hydrogen-bond acceptors (Lipinski definition) is 3. The van der Waals surface area contributed by atoms with E-state index < -0.39 is 0 Å². The normalized spacial score (nSPS) is 29.2. The topological polar surface area (TPSA) is 30.5 Å². The number of benzene rings is 2. The second-order valence-corrected chi connectivity index (χ2v) is 10.8. The van der Waals surface area contributed by atoms with Gasteiger partial charge in [0.2, 0.25) is 0 Å². The van der Waals surface area contributed by atoms with Crippen LogP contribution in [0, 0.1) is 24.7 Å². The molecule has 160 valence electrons. The van der Waals surface area contributed by atoms with Crippen LogP contribution in [0.25, 0.3) is 0 Å². The van der Waals surface area contributed by atoms with Gasteiger partial charge in [-0.1, -0.05) is 45.8 Å². The number of nitrogens with one attached hydrogen (secondary N) is 1. The van der Waals surface area contributed by atoms with Crippen LogP contribution in [-0.2, 0) is 13.2 Å². The minimum Gasteiger partial charge on any atom is -0.493 e. The molecule has 0 aliphatic heterocycles. The fraction of sp³-hybridized carbons (Fsp3) is 0.538. The molecule has 0 heterocycles. The van der Waals surface area contributed by atoms with Crippen LogP contribution in [0.2, 0.25) is 0 Å². The first kappa shape index (κ1) is 20.4. The third kappa shape index (κ3) is 4.13. The summed E-state index contributed by atoms with van der Waals surface area (Å²) in [5, 5.41) is 3.99. The van der Waals surface area contributed by atoms with Crippen molar-refractivity contribution in [2.75, 3.05) is 7.11 Å². The van der Waals surface area contributed by atoms with Crippen molar-refractivity contribution < 1.29 is 9.47 Å². The fourth-order valence-electron chi connectivity index (χ4n) is 6.56. The molecule has 30 heavy (non-hydrogen) atoms. The van der Waals surface area contributed by atoms with E-state index in [4.69, 9.17) is 9.47 Å². The quantitative estimate of drug-likeness (QED) is 0.508. The number of rotatable bonds is 7. The lowest BCUT2D eigenvalue weighted by atomic mass is 9.53. The summed E-state index contributed by atoms with van der Waals surface area (Å²) in [7, 11) is 1.72. The predicted octanol–water partition coefficient (Wildman–Crippen LogP) is 6.40. The zero-order valence-electron chi connectivity index (χ0n) is 18.0. The lowest BCUT2D eigenvalue weighted by Gasteiger charge is -2.57. The Morgan fingerprint density at radius 1 is 1.00 bits per heavy atom. The van der Waals surface area contributed by atoms with Gasteiger partial charge in [-0.15, -0.1) is 0 Å².